The van der Waals surface area contributed by atoms with Crippen LogP contribution in [-0.2, 0) is 10.8 Å². The Morgan fingerprint density at radius 2 is 2.00 bits per heavy atom. The monoisotopic (exact) mass is 314 g/mol. The van der Waals surface area contributed by atoms with Crippen LogP contribution in [0.25, 0.3) is 0 Å². The lowest BCUT2D eigenvalue weighted by Crippen LogP contribution is -2.19. The van der Waals surface area contributed by atoms with Crippen molar-refractivity contribution in [2.75, 3.05) is 5.75 Å². The van der Waals surface area contributed by atoms with Crippen molar-refractivity contribution >= 4 is 17.5 Å². The lowest BCUT2D eigenvalue weighted by Gasteiger charge is -2.25. The van der Waals surface area contributed by atoms with E-state index in [9.17, 15) is 4.79 Å². The second-order valence-corrected chi connectivity index (χ2v) is 8.62. The van der Waals surface area contributed by atoms with Crippen molar-refractivity contribution in [1.82, 2.24) is 0 Å². The van der Waals surface area contributed by atoms with E-state index in [0.29, 0.717) is 5.76 Å². The molecule has 0 spiro atoms. The molecule has 0 N–H and O–H groups in total. The van der Waals surface area contributed by atoms with Crippen LogP contribution in [0.3, 0.4) is 0 Å². The molecule has 0 amide bonds. The Morgan fingerprint density at radius 1 is 1.27 bits per heavy atom. The summed E-state index contributed by atoms with van der Waals surface area (Å²) in [5.41, 5.74) is 3.39. The third kappa shape index (κ3) is 2.52. The van der Waals surface area contributed by atoms with Gasteiger partial charge in [-0.3, -0.25) is 4.79 Å². The predicted molar refractivity (Wildman–Crippen MR) is 91.0 cm³/mol. The van der Waals surface area contributed by atoms with Gasteiger partial charge in [-0.15, -0.1) is 11.8 Å². The van der Waals surface area contributed by atoms with Gasteiger partial charge in [0.1, 0.15) is 0 Å². The normalized spacial score (nSPS) is 16.6. The average molecular weight is 314 g/mol. The highest BCUT2D eigenvalue weighted by atomic mass is 32.2. The Labute approximate surface area is 136 Å². The molecule has 0 unspecified atom stereocenters. The Morgan fingerprint density at radius 3 is 2.59 bits per heavy atom. The average Bonchev–Trinajstić information content (AvgIpc) is 3.05. The van der Waals surface area contributed by atoms with E-state index in [2.05, 4.69) is 46.8 Å². The fourth-order valence-corrected chi connectivity index (χ4v) is 4.53. The highest BCUT2D eigenvalue weighted by Gasteiger charge is 2.35. The SMILES string of the molecule is CC(C)(C)c1cc(C(=O)c2ccco2)cc2c1SCC2(C)C. The summed E-state index contributed by atoms with van der Waals surface area (Å²) < 4.78 is 5.29. The molecule has 3 rings (SSSR count). The first-order valence-corrected chi connectivity index (χ1v) is 8.59. The molecule has 0 aliphatic carbocycles. The van der Waals surface area contributed by atoms with Crippen molar-refractivity contribution in [3.63, 3.8) is 0 Å². The van der Waals surface area contributed by atoms with Gasteiger partial charge in [0.05, 0.1) is 6.26 Å². The molecule has 0 radical (unpaired) electrons. The van der Waals surface area contributed by atoms with E-state index >= 15 is 0 Å². The largest absolute Gasteiger partial charge is 0.461 e. The first kappa shape index (κ1) is 15.4. The minimum Gasteiger partial charge on any atom is -0.461 e. The number of hydrogen-bond donors (Lipinski definition) is 0. The van der Waals surface area contributed by atoms with Crippen molar-refractivity contribution in [2.45, 2.75) is 50.3 Å². The van der Waals surface area contributed by atoms with Gasteiger partial charge in [-0.05, 0) is 40.8 Å². The van der Waals surface area contributed by atoms with Crippen LogP contribution in [0.15, 0.2) is 39.8 Å². The number of carbonyl (C=O) groups is 1. The smallest absolute Gasteiger partial charge is 0.228 e. The number of fused-ring (bicyclic) bond motifs is 1. The maximum atomic E-state index is 12.7. The summed E-state index contributed by atoms with van der Waals surface area (Å²) in [6.45, 7) is 11.1. The van der Waals surface area contributed by atoms with Gasteiger partial charge in [0.2, 0.25) is 5.78 Å². The summed E-state index contributed by atoms with van der Waals surface area (Å²) in [7, 11) is 0. The van der Waals surface area contributed by atoms with Crippen molar-refractivity contribution in [3.05, 3.63) is 53.0 Å². The molecule has 2 heterocycles. The number of furan rings is 1. The number of benzene rings is 1. The molecule has 2 nitrogen and oxygen atoms in total. The Kier molecular flexibility index (Phi) is 3.52. The van der Waals surface area contributed by atoms with E-state index in [-0.39, 0.29) is 16.6 Å². The highest BCUT2D eigenvalue weighted by molar-refractivity contribution is 7.99. The summed E-state index contributed by atoms with van der Waals surface area (Å²) in [4.78, 5) is 14.1. The fraction of sp³-hybridized carbons (Fsp3) is 0.421. The first-order chi connectivity index (χ1) is 10.2. The second kappa shape index (κ2) is 5.02. The molecule has 116 valence electrons. The van der Waals surface area contributed by atoms with Crippen molar-refractivity contribution in [2.24, 2.45) is 0 Å². The fourth-order valence-electron chi connectivity index (χ4n) is 2.86. The van der Waals surface area contributed by atoms with Gasteiger partial charge in [0.15, 0.2) is 5.76 Å². The van der Waals surface area contributed by atoms with Crippen molar-refractivity contribution in [1.29, 1.82) is 0 Å². The molecule has 1 aromatic heterocycles. The molecule has 0 bridgehead atoms. The number of carbonyl (C=O) groups excluding carboxylic acids is 1. The third-order valence-electron chi connectivity index (χ3n) is 4.21. The maximum Gasteiger partial charge on any atom is 0.228 e. The zero-order chi connectivity index (χ0) is 16.1. The van der Waals surface area contributed by atoms with Crippen LogP contribution in [0.1, 0.15) is 61.9 Å². The van der Waals surface area contributed by atoms with E-state index < -0.39 is 0 Å². The standard InChI is InChI=1S/C19H22O2S/c1-18(2,3)13-9-12(16(20)15-7-6-8-21-15)10-14-17(13)22-11-19(14,4)5/h6-10H,11H2,1-5H3. The molecule has 0 fully saturated rings. The van der Waals surface area contributed by atoms with Crippen LogP contribution in [0.5, 0.6) is 0 Å². The minimum atomic E-state index is -0.0361. The lowest BCUT2D eigenvalue weighted by molar-refractivity contribution is 0.101. The molecule has 0 atom stereocenters. The Balaban J connectivity index is 2.20. The molecule has 1 aliphatic heterocycles. The topological polar surface area (TPSA) is 30.2 Å². The van der Waals surface area contributed by atoms with E-state index in [4.69, 9.17) is 4.42 Å². The molecule has 1 aliphatic rings. The first-order valence-electron chi connectivity index (χ1n) is 7.60. The van der Waals surface area contributed by atoms with Gasteiger partial charge in [0.25, 0.3) is 0 Å². The van der Waals surface area contributed by atoms with E-state index in [0.717, 1.165) is 11.3 Å². The predicted octanol–water partition coefficient (Wildman–Crippen LogP) is 5.19. The van der Waals surface area contributed by atoms with Crippen LogP contribution < -0.4 is 0 Å². The molecule has 0 saturated carbocycles. The summed E-state index contributed by atoms with van der Waals surface area (Å²) in [6, 6.07) is 7.60. The minimum absolute atomic E-state index is 0.0109. The van der Waals surface area contributed by atoms with E-state index in [1.54, 1.807) is 18.4 Å². The van der Waals surface area contributed by atoms with Gasteiger partial charge in [-0.25, -0.2) is 0 Å². The van der Waals surface area contributed by atoms with Crippen LogP contribution in [0.4, 0.5) is 0 Å². The zero-order valence-corrected chi connectivity index (χ0v) is 14.6. The van der Waals surface area contributed by atoms with Crippen LogP contribution in [-0.4, -0.2) is 11.5 Å². The number of rotatable bonds is 2. The van der Waals surface area contributed by atoms with Gasteiger partial charge in [-0.1, -0.05) is 34.6 Å². The molecule has 1 aromatic carbocycles. The van der Waals surface area contributed by atoms with Gasteiger partial charge < -0.3 is 4.42 Å². The van der Waals surface area contributed by atoms with Crippen molar-refractivity contribution < 1.29 is 9.21 Å². The van der Waals surface area contributed by atoms with E-state index in [1.807, 2.05) is 11.8 Å². The lowest BCUT2D eigenvalue weighted by atomic mass is 9.79. The second-order valence-electron chi connectivity index (χ2n) is 7.63. The van der Waals surface area contributed by atoms with Crippen LogP contribution in [0.2, 0.25) is 0 Å². The number of thioether (sulfide) groups is 1. The Bertz CT molecular complexity index is 719. The van der Waals surface area contributed by atoms with Crippen LogP contribution in [0, 0.1) is 0 Å². The molecule has 0 saturated heterocycles. The molecular formula is C19H22O2S. The molecule has 2 aromatic rings. The highest BCUT2D eigenvalue weighted by Crippen LogP contribution is 2.48. The Hall–Kier alpha value is -1.48. The van der Waals surface area contributed by atoms with Crippen LogP contribution >= 0.6 is 11.8 Å². The molecule has 22 heavy (non-hydrogen) atoms. The number of hydrogen-bond acceptors (Lipinski definition) is 3. The summed E-state index contributed by atoms with van der Waals surface area (Å²) in [5.74, 6) is 1.43. The quantitative estimate of drug-likeness (QED) is 0.714. The number of ketones is 1. The van der Waals surface area contributed by atoms with Gasteiger partial charge >= 0.3 is 0 Å². The summed E-state index contributed by atoms with van der Waals surface area (Å²) in [6.07, 6.45) is 1.55. The molecular weight excluding hydrogens is 292 g/mol. The third-order valence-corrected chi connectivity index (χ3v) is 5.81. The zero-order valence-electron chi connectivity index (χ0n) is 13.8. The van der Waals surface area contributed by atoms with Gasteiger partial charge in [0, 0.05) is 21.6 Å². The molecule has 3 heteroatoms. The van der Waals surface area contributed by atoms with Gasteiger partial charge in [-0.2, -0.15) is 0 Å². The maximum absolute atomic E-state index is 12.7. The summed E-state index contributed by atoms with van der Waals surface area (Å²) >= 11 is 1.91. The summed E-state index contributed by atoms with van der Waals surface area (Å²) in [5, 5.41) is 0. The van der Waals surface area contributed by atoms with E-state index in [1.165, 1.54) is 16.0 Å². The van der Waals surface area contributed by atoms with Crippen molar-refractivity contribution in [3.8, 4) is 0 Å².